The number of para-hydroxylation sites is 1. The fourth-order valence-corrected chi connectivity index (χ4v) is 3.02. The topological polar surface area (TPSA) is 48.1 Å². The first-order valence-corrected chi connectivity index (χ1v) is 7.53. The van der Waals surface area contributed by atoms with Crippen LogP contribution in [0, 0.1) is 5.92 Å². The quantitative estimate of drug-likeness (QED) is 0.926. The minimum absolute atomic E-state index is 0.320. The van der Waals surface area contributed by atoms with E-state index in [0.717, 1.165) is 28.8 Å². The van der Waals surface area contributed by atoms with E-state index >= 15 is 0 Å². The minimum Gasteiger partial charge on any atom is -0.489 e. The van der Waals surface area contributed by atoms with Gasteiger partial charge >= 0.3 is 0 Å². The van der Waals surface area contributed by atoms with Crippen molar-refractivity contribution in [1.82, 2.24) is 4.98 Å². The molecule has 0 bridgehead atoms. The van der Waals surface area contributed by atoms with Crippen LogP contribution in [0.1, 0.15) is 38.3 Å². The van der Waals surface area contributed by atoms with E-state index in [0.29, 0.717) is 18.6 Å². The van der Waals surface area contributed by atoms with Crippen molar-refractivity contribution in [2.45, 2.75) is 45.3 Å². The van der Waals surface area contributed by atoms with Crippen LogP contribution in [0.5, 0.6) is 5.75 Å². The summed E-state index contributed by atoms with van der Waals surface area (Å²) in [6.07, 6.45) is 5.32. The Hall–Kier alpha value is -1.61. The number of fused-ring (bicyclic) bond motifs is 1. The average molecular weight is 270 g/mol. The molecule has 20 heavy (non-hydrogen) atoms. The first-order valence-electron chi connectivity index (χ1n) is 7.53. The summed E-state index contributed by atoms with van der Waals surface area (Å²) in [4.78, 5) is 4.56. The fourth-order valence-electron chi connectivity index (χ4n) is 3.02. The van der Waals surface area contributed by atoms with Gasteiger partial charge in [-0.05, 0) is 37.3 Å². The third-order valence-corrected chi connectivity index (χ3v) is 4.25. The van der Waals surface area contributed by atoms with Crippen molar-refractivity contribution in [2.24, 2.45) is 11.7 Å². The van der Waals surface area contributed by atoms with Crippen LogP contribution in [-0.2, 0) is 6.54 Å². The van der Waals surface area contributed by atoms with Crippen LogP contribution in [0.25, 0.3) is 10.9 Å². The van der Waals surface area contributed by atoms with Gasteiger partial charge in [-0.15, -0.1) is 0 Å². The van der Waals surface area contributed by atoms with E-state index in [-0.39, 0.29) is 0 Å². The average Bonchev–Trinajstić information content (AvgIpc) is 2.49. The maximum Gasteiger partial charge on any atom is 0.130 e. The van der Waals surface area contributed by atoms with Crippen molar-refractivity contribution in [3.8, 4) is 5.75 Å². The van der Waals surface area contributed by atoms with Gasteiger partial charge in [0, 0.05) is 18.0 Å². The van der Waals surface area contributed by atoms with Gasteiger partial charge in [0.05, 0.1) is 11.2 Å². The first-order chi connectivity index (χ1) is 9.78. The number of rotatable bonds is 3. The summed E-state index contributed by atoms with van der Waals surface area (Å²) in [6.45, 7) is 2.73. The second-order valence-electron chi connectivity index (χ2n) is 5.75. The van der Waals surface area contributed by atoms with Crippen LogP contribution >= 0.6 is 0 Å². The van der Waals surface area contributed by atoms with Gasteiger partial charge in [0.15, 0.2) is 0 Å². The molecule has 2 aromatic rings. The summed E-state index contributed by atoms with van der Waals surface area (Å²) >= 11 is 0. The number of nitrogens with two attached hydrogens (primary N) is 1. The van der Waals surface area contributed by atoms with Crippen molar-refractivity contribution in [3.63, 3.8) is 0 Å². The van der Waals surface area contributed by atoms with Crippen molar-refractivity contribution < 1.29 is 4.74 Å². The zero-order chi connectivity index (χ0) is 13.9. The predicted molar refractivity (Wildman–Crippen MR) is 81.7 cm³/mol. The van der Waals surface area contributed by atoms with Crippen LogP contribution in [0.15, 0.2) is 30.3 Å². The second-order valence-corrected chi connectivity index (χ2v) is 5.75. The Bertz CT molecular complexity index is 597. The Morgan fingerprint density at radius 3 is 2.85 bits per heavy atom. The van der Waals surface area contributed by atoms with Crippen molar-refractivity contribution >= 4 is 10.9 Å². The van der Waals surface area contributed by atoms with Gasteiger partial charge in [0.2, 0.25) is 0 Å². The lowest BCUT2D eigenvalue weighted by atomic mass is 9.88. The highest BCUT2D eigenvalue weighted by molar-refractivity contribution is 5.85. The third-order valence-electron chi connectivity index (χ3n) is 4.25. The number of aromatic nitrogens is 1. The Kier molecular flexibility index (Phi) is 3.88. The molecule has 1 fully saturated rings. The summed E-state index contributed by atoms with van der Waals surface area (Å²) < 4.78 is 6.33. The van der Waals surface area contributed by atoms with E-state index < -0.39 is 0 Å². The minimum atomic E-state index is 0.320. The van der Waals surface area contributed by atoms with E-state index in [2.05, 4.69) is 18.0 Å². The molecular weight excluding hydrogens is 248 g/mol. The van der Waals surface area contributed by atoms with Gasteiger partial charge in [0.1, 0.15) is 11.9 Å². The zero-order valence-electron chi connectivity index (χ0n) is 12.0. The molecule has 1 saturated carbocycles. The van der Waals surface area contributed by atoms with Gasteiger partial charge in [-0.25, -0.2) is 0 Å². The van der Waals surface area contributed by atoms with E-state index in [9.17, 15) is 0 Å². The normalized spacial score (nSPS) is 22.9. The SMILES string of the molecule is CC1CCCCC1Oc1cc(CN)nc2ccccc12. The summed E-state index contributed by atoms with van der Waals surface area (Å²) in [7, 11) is 0. The summed E-state index contributed by atoms with van der Waals surface area (Å²) in [5.74, 6) is 1.56. The molecule has 1 aromatic carbocycles. The summed E-state index contributed by atoms with van der Waals surface area (Å²) in [6, 6.07) is 10.1. The van der Waals surface area contributed by atoms with Crippen molar-refractivity contribution in [2.75, 3.05) is 0 Å². The molecule has 0 spiro atoms. The van der Waals surface area contributed by atoms with Crippen LogP contribution in [-0.4, -0.2) is 11.1 Å². The molecule has 0 amide bonds. The standard InChI is InChI=1S/C17H22N2O/c1-12-6-2-5-9-16(12)20-17-10-13(11-18)19-15-8-4-3-7-14(15)17/h3-4,7-8,10,12,16H,2,5-6,9,11,18H2,1H3. The lowest BCUT2D eigenvalue weighted by Gasteiger charge is -2.29. The zero-order valence-corrected chi connectivity index (χ0v) is 12.0. The van der Waals surface area contributed by atoms with Crippen LogP contribution in [0.3, 0.4) is 0 Å². The monoisotopic (exact) mass is 270 g/mol. The maximum atomic E-state index is 6.33. The summed E-state index contributed by atoms with van der Waals surface area (Å²) in [5.41, 5.74) is 7.61. The maximum absolute atomic E-state index is 6.33. The Morgan fingerprint density at radius 1 is 1.25 bits per heavy atom. The fraction of sp³-hybridized carbons (Fsp3) is 0.471. The smallest absolute Gasteiger partial charge is 0.130 e. The molecular formula is C17H22N2O. The molecule has 2 unspecified atom stereocenters. The lowest BCUT2D eigenvalue weighted by Crippen LogP contribution is -2.28. The number of nitrogens with zero attached hydrogens (tertiary/aromatic N) is 1. The molecule has 2 atom stereocenters. The molecule has 0 saturated heterocycles. The lowest BCUT2D eigenvalue weighted by molar-refractivity contribution is 0.104. The Labute approximate surface area is 120 Å². The molecule has 3 nitrogen and oxygen atoms in total. The Morgan fingerprint density at radius 2 is 2.05 bits per heavy atom. The largest absolute Gasteiger partial charge is 0.489 e. The highest BCUT2D eigenvalue weighted by atomic mass is 16.5. The first kappa shape index (κ1) is 13.4. The van der Waals surface area contributed by atoms with Crippen LogP contribution in [0.2, 0.25) is 0 Å². The molecule has 1 heterocycles. The predicted octanol–water partition coefficient (Wildman–Crippen LogP) is 3.65. The second kappa shape index (κ2) is 5.80. The molecule has 1 aliphatic carbocycles. The number of hydrogen-bond donors (Lipinski definition) is 1. The van der Waals surface area contributed by atoms with Gasteiger partial charge in [-0.1, -0.05) is 25.5 Å². The number of benzene rings is 1. The molecule has 1 aliphatic rings. The Balaban J connectivity index is 1.96. The van der Waals surface area contributed by atoms with E-state index in [4.69, 9.17) is 10.5 Å². The number of hydrogen-bond acceptors (Lipinski definition) is 3. The third kappa shape index (κ3) is 2.63. The van der Waals surface area contributed by atoms with Gasteiger partial charge in [-0.2, -0.15) is 0 Å². The van der Waals surface area contributed by atoms with Crippen molar-refractivity contribution in [1.29, 1.82) is 0 Å². The molecule has 3 rings (SSSR count). The van der Waals surface area contributed by atoms with E-state index in [1.54, 1.807) is 0 Å². The van der Waals surface area contributed by atoms with E-state index in [1.165, 1.54) is 19.3 Å². The van der Waals surface area contributed by atoms with Crippen LogP contribution in [0.4, 0.5) is 0 Å². The molecule has 0 aliphatic heterocycles. The van der Waals surface area contributed by atoms with Gasteiger partial charge in [-0.3, -0.25) is 4.98 Å². The summed E-state index contributed by atoms with van der Waals surface area (Å²) in [5, 5.41) is 1.09. The number of ether oxygens (including phenoxy) is 1. The highest BCUT2D eigenvalue weighted by Crippen LogP contribution is 2.32. The molecule has 106 valence electrons. The van der Waals surface area contributed by atoms with Gasteiger partial charge in [0.25, 0.3) is 0 Å². The van der Waals surface area contributed by atoms with Gasteiger partial charge < -0.3 is 10.5 Å². The van der Waals surface area contributed by atoms with Crippen molar-refractivity contribution in [3.05, 3.63) is 36.0 Å². The highest BCUT2D eigenvalue weighted by Gasteiger charge is 2.23. The molecule has 1 aromatic heterocycles. The van der Waals surface area contributed by atoms with Crippen LogP contribution < -0.4 is 10.5 Å². The molecule has 2 N–H and O–H groups in total. The number of pyridine rings is 1. The van der Waals surface area contributed by atoms with E-state index in [1.807, 2.05) is 24.3 Å². The molecule has 3 heteroatoms. The molecule has 0 radical (unpaired) electrons.